The summed E-state index contributed by atoms with van der Waals surface area (Å²) in [6.07, 6.45) is 2.52. The molecule has 1 aliphatic rings. The van der Waals surface area contributed by atoms with Gasteiger partial charge in [0.25, 0.3) is 0 Å². The minimum Gasteiger partial charge on any atom is -0.485 e. The van der Waals surface area contributed by atoms with Crippen LogP contribution in [-0.2, 0) is 16.2 Å². The number of carbonyl (C=O) groups is 2. The highest BCUT2D eigenvalue weighted by Gasteiger charge is 2.30. The minimum absolute atomic E-state index is 0.133. The number of anilines is 1. The number of carboxylic acid groups (broad SMARTS) is 1. The summed E-state index contributed by atoms with van der Waals surface area (Å²) in [5.41, 5.74) is 0.648. The van der Waals surface area contributed by atoms with Crippen LogP contribution < -0.4 is 10.1 Å². The first-order valence-corrected chi connectivity index (χ1v) is 8.57. The predicted octanol–water partition coefficient (Wildman–Crippen LogP) is 2.79. The molecule has 2 aromatic rings. The number of nitrogens with zero attached hydrogens (tertiary/aromatic N) is 2. The summed E-state index contributed by atoms with van der Waals surface area (Å²) >= 11 is 0. The molecular formula is C18H21N3O5. The molecule has 1 fully saturated rings. The molecule has 0 radical (unpaired) electrons. The first kappa shape index (κ1) is 17.9. The number of aliphatic carboxylic acids is 1. The number of rotatable bonds is 6. The molecule has 0 spiro atoms. The van der Waals surface area contributed by atoms with Crippen molar-refractivity contribution < 1.29 is 24.0 Å². The number of nitrogens with one attached hydrogen (secondary N) is 1. The third kappa shape index (κ3) is 4.59. The Morgan fingerprint density at radius 1 is 1.27 bits per heavy atom. The van der Waals surface area contributed by atoms with E-state index in [0.29, 0.717) is 36.0 Å². The summed E-state index contributed by atoms with van der Waals surface area (Å²) in [4.78, 5) is 27.5. The molecule has 8 heteroatoms. The van der Waals surface area contributed by atoms with E-state index in [9.17, 15) is 9.59 Å². The molecule has 1 saturated carbocycles. The van der Waals surface area contributed by atoms with Gasteiger partial charge < -0.3 is 19.7 Å². The summed E-state index contributed by atoms with van der Waals surface area (Å²) < 4.78 is 10.4. The molecule has 1 aliphatic carbocycles. The van der Waals surface area contributed by atoms with Gasteiger partial charge in [-0.05, 0) is 43.5 Å². The van der Waals surface area contributed by atoms with Crippen molar-refractivity contribution in [2.24, 2.45) is 11.8 Å². The van der Waals surface area contributed by atoms with Crippen molar-refractivity contribution in [3.8, 4) is 5.75 Å². The van der Waals surface area contributed by atoms with Crippen LogP contribution in [0.3, 0.4) is 0 Å². The van der Waals surface area contributed by atoms with Crippen LogP contribution in [0.15, 0.2) is 28.8 Å². The van der Waals surface area contributed by atoms with E-state index in [1.54, 1.807) is 31.2 Å². The number of carboxylic acids is 1. The molecule has 1 amide bonds. The standard InChI is InChI=1S/C18H21N3O5/c1-11-19-16(21-26-11)10-25-15-7-5-14(6-8-15)20-17(22)12-3-2-4-13(9-12)18(23)24/h5-8,12-13H,2-4,9-10H2,1H3,(H,20,22)(H,23,24). The predicted molar refractivity (Wildman–Crippen MR) is 91.5 cm³/mol. The van der Waals surface area contributed by atoms with Crippen molar-refractivity contribution >= 4 is 17.6 Å². The lowest BCUT2D eigenvalue weighted by molar-refractivity contribution is -0.143. The Morgan fingerprint density at radius 2 is 2.00 bits per heavy atom. The lowest BCUT2D eigenvalue weighted by Gasteiger charge is -2.25. The molecule has 1 aromatic carbocycles. The zero-order valence-electron chi connectivity index (χ0n) is 14.5. The maximum absolute atomic E-state index is 12.4. The third-order valence-electron chi connectivity index (χ3n) is 4.45. The molecule has 138 valence electrons. The van der Waals surface area contributed by atoms with Crippen LogP contribution in [0.2, 0.25) is 0 Å². The highest BCUT2D eigenvalue weighted by Crippen LogP contribution is 2.30. The zero-order valence-corrected chi connectivity index (χ0v) is 14.5. The van der Waals surface area contributed by atoms with E-state index in [1.165, 1.54) is 0 Å². The van der Waals surface area contributed by atoms with Crippen molar-refractivity contribution in [3.05, 3.63) is 36.0 Å². The largest absolute Gasteiger partial charge is 0.485 e. The highest BCUT2D eigenvalue weighted by atomic mass is 16.5. The second kappa shape index (κ2) is 7.99. The second-order valence-electron chi connectivity index (χ2n) is 6.43. The van der Waals surface area contributed by atoms with Crippen molar-refractivity contribution in [2.45, 2.75) is 39.2 Å². The topological polar surface area (TPSA) is 115 Å². The SMILES string of the molecule is Cc1nc(COc2ccc(NC(=O)C3CCCC(C(=O)O)C3)cc2)no1. The maximum atomic E-state index is 12.4. The van der Waals surface area contributed by atoms with E-state index in [1.807, 2.05) is 0 Å². The third-order valence-corrected chi connectivity index (χ3v) is 4.45. The molecule has 1 heterocycles. The normalized spacial score (nSPS) is 19.7. The average Bonchev–Trinajstić information content (AvgIpc) is 3.06. The van der Waals surface area contributed by atoms with Crippen LogP contribution in [-0.4, -0.2) is 27.1 Å². The second-order valence-corrected chi connectivity index (χ2v) is 6.43. The number of hydrogen-bond donors (Lipinski definition) is 2. The van der Waals surface area contributed by atoms with E-state index < -0.39 is 11.9 Å². The van der Waals surface area contributed by atoms with Gasteiger partial charge in [0.15, 0.2) is 6.61 Å². The van der Waals surface area contributed by atoms with Crippen LogP contribution in [0.4, 0.5) is 5.69 Å². The molecule has 2 atom stereocenters. The van der Waals surface area contributed by atoms with Crippen LogP contribution in [0.25, 0.3) is 0 Å². The van der Waals surface area contributed by atoms with E-state index >= 15 is 0 Å². The van der Waals surface area contributed by atoms with Crippen LogP contribution in [0.5, 0.6) is 5.75 Å². The Morgan fingerprint density at radius 3 is 2.65 bits per heavy atom. The molecule has 0 bridgehead atoms. The number of amides is 1. The molecule has 26 heavy (non-hydrogen) atoms. The van der Waals surface area contributed by atoms with Gasteiger partial charge in [-0.3, -0.25) is 9.59 Å². The van der Waals surface area contributed by atoms with Crippen molar-refractivity contribution in [1.82, 2.24) is 10.1 Å². The fourth-order valence-corrected chi connectivity index (χ4v) is 3.08. The van der Waals surface area contributed by atoms with Gasteiger partial charge in [-0.15, -0.1) is 0 Å². The molecule has 2 unspecified atom stereocenters. The lowest BCUT2D eigenvalue weighted by Crippen LogP contribution is -2.30. The highest BCUT2D eigenvalue weighted by molar-refractivity contribution is 5.93. The Hall–Kier alpha value is -2.90. The Kier molecular flexibility index (Phi) is 5.50. The van der Waals surface area contributed by atoms with Crippen molar-refractivity contribution in [2.75, 3.05) is 5.32 Å². The fourth-order valence-electron chi connectivity index (χ4n) is 3.08. The maximum Gasteiger partial charge on any atom is 0.306 e. The van der Waals surface area contributed by atoms with E-state index in [-0.39, 0.29) is 18.4 Å². The number of aromatic nitrogens is 2. The van der Waals surface area contributed by atoms with Crippen molar-refractivity contribution in [3.63, 3.8) is 0 Å². The fraction of sp³-hybridized carbons (Fsp3) is 0.444. The van der Waals surface area contributed by atoms with Gasteiger partial charge in [0.1, 0.15) is 5.75 Å². The van der Waals surface area contributed by atoms with Gasteiger partial charge in [-0.1, -0.05) is 11.6 Å². The zero-order chi connectivity index (χ0) is 18.5. The van der Waals surface area contributed by atoms with Gasteiger partial charge in [0, 0.05) is 18.5 Å². The Labute approximate surface area is 150 Å². The number of aryl methyl sites for hydroxylation is 1. The van der Waals surface area contributed by atoms with E-state index in [0.717, 1.165) is 12.8 Å². The van der Waals surface area contributed by atoms with Gasteiger partial charge >= 0.3 is 5.97 Å². The molecule has 0 aliphatic heterocycles. The first-order valence-electron chi connectivity index (χ1n) is 8.57. The summed E-state index contributed by atoms with van der Waals surface area (Å²) in [6.45, 7) is 1.90. The molecule has 2 N–H and O–H groups in total. The molecule has 8 nitrogen and oxygen atoms in total. The molecule has 3 rings (SSSR count). The molecule has 1 aromatic heterocycles. The Bertz CT molecular complexity index is 771. The summed E-state index contributed by atoms with van der Waals surface area (Å²) in [5, 5.41) is 15.7. The first-order chi connectivity index (χ1) is 12.5. The van der Waals surface area contributed by atoms with Crippen LogP contribution >= 0.6 is 0 Å². The number of ether oxygens (including phenoxy) is 1. The summed E-state index contributed by atoms with van der Waals surface area (Å²) in [6, 6.07) is 6.96. The van der Waals surface area contributed by atoms with Gasteiger partial charge in [0.05, 0.1) is 5.92 Å². The van der Waals surface area contributed by atoms with E-state index in [4.69, 9.17) is 14.4 Å². The van der Waals surface area contributed by atoms with Crippen molar-refractivity contribution in [1.29, 1.82) is 0 Å². The lowest BCUT2D eigenvalue weighted by atomic mass is 9.81. The molecular weight excluding hydrogens is 338 g/mol. The average molecular weight is 359 g/mol. The quantitative estimate of drug-likeness (QED) is 0.815. The van der Waals surface area contributed by atoms with E-state index in [2.05, 4.69) is 15.5 Å². The van der Waals surface area contributed by atoms with Crippen LogP contribution in [0, 0.1) is 18.8 Å². The monoisotopic (exact) mass is 359 g/mol. The van der Waals surface area contributed by atoms with Gasteiger partial charge in [-0.2, -0.15) is 4.98 Å². The van der Waals surface area contributed by atoms with Crippen LogP contribution in [0.1, 0.15) is 37.4 Å². The minimum atomic E-state index is -0.819. The number of hydrogen-bond acceptors (Lipinski definition) is 6. The summed E-state index contributed by atoms with van der Waals surface area (Å²) in [7, 11) is 0. The number of benzene rings is 1. The smallest absolute Gasteiger partial charge is 0.306 e. The number of carbonyl (C=O) groups excluding carboxylic acids is 1. The summed E-state index contributed by atoms with van der Waals surface area (Å²) in [5.74, 6) is -0.0762. The van der Waals surface area contributed by atoms with Gasteiger partial charge in [0.2, 0.25) is 17.6 Å². The van der Waals surface area contributed by atoms with Gasteiger partial charge in [-0.25, -0.2) is 0 Å². The Balaban J connectivity index is 1.51. The molecule has 0 saturated heterocycles.